The van der Waals surface area contributed by atoms with E-state index in [1.165, 1.54) is 48.7 Å². The number of phenols is 2. The average Bonchev–Trinajstić information content (AvgIpc) is 3.18. The summed E-state index contributed by atoms with van der Waals surface area (Å²) in [6.45, 7) is 1.87. The van der Waals surface area contributed by atoms with Crippen LogP contribution in [0, 0.1) is 0 Å². The molecule has 1 aliphatic rings. The van der Waals surface area contributed by atoms with Gasteiger partial charge in [0.05, 0.1) is 54.8 Å². The molecule has 1 aliphatic heterocycles. The van der Waals surface area contributed by atoms with Gasteiger partial charge in [0.25, 0.3) is 0 Å². The average molecular weight is 793 g/mol. The summed E-state index contributed by atoms with van der Waals surface area (Å²) < 4.78 is 39.2. The Balaban J connectivity index is 1.83. The summed E-state index contributed by atoms with van der Waals surface area (Å²) in [5.74, 6) is -0.829. The van der Waals surface area contributed by atoms with E-state index in [4.69, 9.17) is 33.2 Å². The number of nitrogens with zero attached hydrogens (tertiary/aromatic N) is 1. The van der Waals surface area contributed by atoms with Crippen LogP contribution in [0.5, 0.6) is 46.0 Å². The minimum atomic E-state index is -1.05. The maximum atomic E-state index is 14.1. The second-order valence-electron chi connectivity index (χ2n) is 14.0. The molecule has 0 saturated carbocycles. The highest BCUT2D eigenvalue weighted by molar-refractivity contribution is 5.98. The molecule has 0 fully saturated rings. The molecule has 3 aromatic carbocycles. The van der Waals surface area contributed by atoms with Gasteiger partial charge in [-0.05, 0) is 93.7 Å². The van der Waals surface area contributed by atoms with Gasteiger partial charge in [-0.2, -0.15) is 0 Å². The van der Waals surface area contributed by atoms with Crippen LogP contribution in [0.15, 0.2) is 36.4 Å². The van der Waals surface area contributed by atoms with Crippen LogP contribution in [-0.4, -0.2) is 102 Å². The van der Waals surface area contributed by atoms with E-state index in [2.05, 4.69) is 5.32 Å². The van der Waals surface area contributed by atoms with Crippen molar-refractivity contribution in [1.82, 2.24) is 10.2 Å². The fourth-order valence-corrected chi connectivity index (χ4v) is 7.07. The Labute approximate surface area is 334 Å². The zero-order valence-electron chi connectivity index (χ0n) is 34.4. The molecular weight excluding hydrogens is 736 g/mol. The second kappa shape index (κ2) is 20.5. The lowest BCUT2D eigenvalue weighted by molar-refractivity contribution is -0.121. The molecule has 1 amide bonds. The van der Waals surface area contributed by atoms with E-state index in [1.807, 2.05) is 31.1 Å². The maximum absolute atomic E-state index is 14.1. The SMILES string of the molecule is COc1cc(C(CC(=O)NCC(c2cc(OC)c(OC)c(OC)c2)N(C)C)c2c(O)cc3c(c2O)C(=O)O[C@@H](C)CCCC(=O)CCCC=C3)cc(OC)c1OC. The highest BCUT2D eigenvalue weighted by Gasteiger charge is 2.33. The molecule has 1 heterocycles. The highest BCUT2D eigenvalue weighted by atomic mass is 16.5. The van der Waals surface area contributed by atoms with Gasteiger partial charge in [-0.3, -0.25) is 9.59 Å². The topological polar surface area (TPSA) is 172 Å². The molecule has 0 bridgehead atoms. The van der Waals surface area contributed by atoms with E-state index in [0.29, 0.717) is 67.1 Å². The number of ketones is 1. The molecule has 57 heavy (non-hydrogen) atoms. The Kier molecular flexibility index (Phi) is 15.9. The number of hydrogen-bond donors (Lipinski definition) is 3. The van der Waals surface area contributed by atoms with Crippen molar-refractivity contribution in [3.05, 3.63) is 64.2 Å². The van der Waals surface area contributed by atoms with Gasteiger partial charge in [0.15, 0.2) is 23.0 Å². The Morgan fingerprint density at radius 3 is 1.89 bits per heavy atom. The van der Waals surface area contributed by atoms with Gasteiger partial charge in [-0.25, -0.2) is 4.79 Å². The first-order valence-electron chi connectivity index (χ1n) is 18.8. The summed E-state index contributed by atoms with van der Waals surface area (Å²) in [7, 11) is 12.7. The van der Waals surface area contributed by atoms with Crippen LogP contribution in [0.25, 0.3) is 6.08 Å². The lowest BCUT2D eigenvalue weighted by Gasteiger charge is -2.27. The van der Waals surface area contributed by atoms with Crippen LogP contribution in [0.1, 0.15) is 96.4 Å². The second-order valence-corrected chi connectivity index (χ2v) is 14.0. The molecule has 14 nitrogen and oxygen atoms in total. The van der Waals surface area contributed by atoms with E-state index in [0.717, 1.165) is 5.56 Å². The Hall–Kier alpha value is -5.63. The molecule has 2 unspecified atom stereocenters. The van der Waals surface area contributed by atoms with Gasteiger partial charge in [-0.1, -0.05) is 12.2 Å². The Bertz CT molecular complexity index is 1870. The normalized spacial score (nSPS) is 16.1. The number of fused-ring (bicyclic) bond motifs is 1. The Morgan fingerprint density at radius 2 is 1.37 bits per heavy atom. The highest BCUT2D eigenvalue weighted by Crippen LogP contribution is 2.48. The van der Waals surface area contributed by atoms with E-state index in [1.54, 1.807) is 31.2 Å². The monoisotopic (exact) mass is 792 g/mol. The molecule has 4 rings (SSSR count). The van der Waals surface area contributed by atoms with Crippen molar-refractivity contribution < 1.29 is 57.8 Å². The van der Waals surface area contributed by atoms with Gasteiger partial charge in [0.2, 0.25) is 17.4 Å². The zero-order chi connectivity index (χ0) is 41.8. The van der Waals surface area contributed by atoms with Crippen molar-refractivity contribution in [2.75, 3.05) is 63.3 Å². The number of nitrogens with one attached hydrogen (secondary N) is 1. The smallest absolute Gasteiger partial charge is 0.342 e. The summed E-state index contributed by atoms with van der Waals surface area (Å²) in [5, 5.41) is 26.8. The summed E-state index contributed by atoms with van der Waals surface area (Å²) in [6.07, 6.45) is 5.53. The van der Waals surface area contributed by atoms with Gasteiger partial charge in [0, 0.05) is 37.3 Å². The standard InChI is InChI=1S/C43H56N2O12/c1-25-14-13-17-29(46)16-12-10-11-15-26-18-32(47)39(40(49)38(26)43(50)57-25)30(27-19-33(51-4)41(55-8)34(20-27)52-5)23-37(48)44-24-31(45(2)3)28-21-35(53-6)42(56-9)36(22-28)54-7/h11,15,18-22,25,30-31,47,49H,10,12-14,16-17,23-24H2,1-9H3,(H,44,48)/t25-,30?,31?/m0/s1. The van der Waals surface area contributed by atoms with Crippen molar-refractivity contribution in [2.45, 2.75) is 69.9 Å². The van der Waals surface area contributed by atoms with Crippen molar-refractivity contribution in [2.24, 2.45) is 0 Å². The fourth-order valence-electron chi connectivity index (χ4n) is 7.07. The number of allylic oxidation sites excluding steroid dienone is 1. The predicted molar refractivity (Wildman–Crippen MR) is 214 cm³/mol. The van der Waals surface area contributed by atoms with Gasteiger partial charge < -0.3 is 53.6 Å². The van der Waals surface area contributed by atoms with Crippen LogP contribution in [0.2, 0.25) is 0 Å². The number of phenolic OH excluding ortho intramolecular Hbond substituents is 2. The fraction of sp³-hybridized carbons (Fsp3) is 0.465. The molecule has 310 valence electrons. The third kappa shape index (κ3) is 10.6. The molecule has 0 spiro atoms. The molecular formula is C43H56N2O12. The van der Waals surface area contributed by atoms with Gasteiger partial charge >= 0.3 is 5.97 Å². The van der Waals surface area contributed by atoms with Crippen molar-refractivity contribution in [3.63, 3.8) is 0 Å². The largest absolute Gasteiger partial charge is 0.507 e. The number of rotatable bonds is 14. The number of amides is 1. The number of methoxy groups -OCH3 is 6. The number of ether oxygens (including phenoxy) is 7. The molecule has 0 aliphatic carbocycles. The molecule has 0 radical (unpaired) electrons. The Morgan fingerprint density at radius 1 is 0.825 bits per heavy atom. The number of hydrogen-bond acceptors (Lipinski definition) is 13. The number of carbonyl (C=O) groups is 3. The summed E-state index contributed by atoms with van der Waals surface area (Å²) >= 11 is 0. The first-order chi connectivity index (χ1) is 27.3. The van der Waals surface area contributed by atoms with Crippen LogP contribution in [0.3, 0.4) is 0 Å². The van der Waals surface area contributed by atoms with Crippen molar-refractivity contribution >= 4 is 23.7 Å². The lowest BCUT2D eigenvalue weighted by atomic mass is 9.84. The number of benzene rings is 3. The summed E-state index contributed by atoms with van der Waals surface area (Å²) in [5.41, 5.74) is 1.19. The molecule has 14 heteroatoms. The number of cyclic esters (lactones) is 1. The molecule has 0 aromatic heterocycles. The first kappa shape index (κ1) is 44.1. The molecule has 3 N–H and O–H groups in total. The third-order valence-corrected chi connectivity index (χ3v) is 10.1. The summed E-state index contributed by atoms with van der Waals surface area (Å²) in [6, 6.07) is 7.91. The van der Waals surface area contributed by atoms with Crippen LogP contribution < -0.4 is 33.7 Å². The minimum Gasteiger partial charge on any atom is -0.507 e. The molecule has 3 aromatic rings. The number of Topliss-reactive ketones (excluding diaryl/α,β-unsaturated/α-hetero) is 1. The minimum absolute atomic E-state index is 0.0725. The number of likely N-dealkylation sites (N-methyl/N-ethyl adjacent to an activating group) is 1. The van der Waals surface area contributed by atoms with E-state index < -0.39 is 29.6 Å². The lowest BCUT2D eigenvalue weighted by Crippen LogP contribution is -2.35. The number of carbonyl (C=O) groups excluding carboxylic acids is 3. The van der Waals surface area contributed by atoms with Crippen LogP contribution in [-0.2, 0) is 14.3 Å². The van der Waals surface area contributed by atoms with Crippen LogP contribution in [0.4, 0.5) is 0 Å². The van der Waals surface area contributed by atoms with Crippen molar-refractivity contribution in [3.8, 4) is 46.0 Å². The quantitative estimate of drug-likeness (QED) is 0.150. The van der Waals surface area contributed by atoms with E-state index >= 15 is 0 Å². The van der Waals surface area contributed by atoms with Gasteiger partial charge in [-0.15, -0.1) is 0 Å². The van der Waals surface area contributed by atoms with Gasteiger partial charge in [0.1, 0.15) is 22.8 Å². The van der Waals surface area contributed by atoms with E-state index in [-0.39, 0.29) is 58.7 Å². The zero-order valence-corrected chi connectivity index (χ0v) is 34.4. The number of aromatic hydroxyl groups is 2. The molecule has 3 atom stereocenters. The molecule has 0 saturated heterocycles. The summed E-state index contributed by atoms with van der Waals surface area (Å²) in [4.78, 5) is 42.2. The maximum Gasteiger partial charge on any atom is 0.342 e. The van der Waals surface area contributed by atoms with Crippen molar-refractivity contribution in [1.29, 1.82) is 0 Å². The predicted octanol–water partition coefficient (Wildman–Crippen LogP) is 6.57. The first-order valence-corrected chi connectivity index (χ1v) is 18.8. The van der Waals surface area contributed by atoms with E-state index in [9.17, 15) is 24.6 Å². The van der Waals surface area contributed by atoms with Crippen LogP contribution >= 0.6 is 0 Å². The number of esters is 1. The third-order valence-electron chi connectivity index (χ3n) is 10.1.